The Morgan fingerprint density at radius 3 is 2.17 bits per heavy atom. The van der Waals surface area contributed by atoms with Crippen LogP contribution >= 0.6 is 0 Å². The van der Waals surface area contributed by atoms with E-state index in [-0.39, 0.29) is 6.04 Å². The molecule has 0 spiro atoms. The number of carbonyl (C=O) groups is 2. The number of anilines is 1. The summed E-state index contributed by atoms with van der Waals surface area (Å²) in [4.78, 5) is 29.5. The van der Waals surface area contributed by atoms with E-state index in [4.69, 9.17) is 0 Å². The van der Waals surface area contributed by atoms with Gasteiger partial charge in [-0.25, -0.2) is 0 Å². The maximum atomic E-state index is 12.4. The molecule has 2 aromatic rings. The second-order valence-electron chi connectivity index (χ2n) is 7.98. The summed E-state index contributed by atoms with van der Waals surface area (Å²) in [7, 11) is 2.12. The Morgan fingerprint density at radius 1 is 0.933 bits per heavy atom. The average molecular weight is 409 g/mol. The van der Waals surface area contributed by atoms with E-state index in [2.05, 4.69) is 65.6 Å². The molecule has 0 radical (unpaired) electrons. The fourth-order valence-electron chi connectivity index (χ4n) is 3.66. The molecule has 0 bridgehead atoms. The standard InChI is InChI=1S/C24H32N4O2/c1-4-19-7-11-21(12-8-19)26-24(30)23(29)25-17-22(20-9-5-18(2)6-10-20)28-15-13-27(3)14-16-28/h5-12,22H,4,13-17H2,1-3H3,(H,25,29)(H,26,30). The number of likely N-dealkylation sites (N-methyl/N-ethyl adjacent to an activating group) is 1. The number of benzene rings is 2. The van der Waals surface area contributed by atoms with Gasteiger partial charge < -0.3 is 15.5 Å². The molecule has 2 amide bonds. The van der Waals surface area contributed by atoms with E-state index >= 15 is 0 Å². The molecule has 1 aliphatic heterocycles. The number of nitrogens with zero attached hydrogens (tertiary/aromatic N) is 2. The van der Waals surface area contributed by atoms with Gasteiger partial charge in [-0.2, -0.15) is 0 Å². The maximum absolute atomic E-state index is 12.4. The van der Waals surface area contributed by atoms with Crippen molar-refractivity contribution in [2.45, 2.75) is 26.3 Å². The minimum atomic E-state index is -0.639. The molecule has 1 unspecified atom stereocenters. The van der Waals surface area contributed by atoms with Crippen molar-refractivity contribution in [3.8, 4) is 0 Å². The average Bonchev–Trinajstić information content (AvgIpc) is 2.76. The highest BCUT2D eigenvalue weighted by molar-refractivity contribution is 6.39. The van der Waals surface area contributed by atoms with Crippen LogP contribution in [-0.4, -0.2) is 61.4 Å². The zero-order valence-electron chi connectivity index (χ0n) is 18.1. The van der Waals surface area contributed by atoms with Crippen LogP contribution in [0.3, 0.4) is 0 Å². The Morgan fingerprint density at radius 2 is 1.57 bits per heavy atom. The molecule has 1 aliphatic rings. The molecule has 6 nitrogen and oxygen atoms in total. The predicted molar refractivity (Wildman–Crippen MR) is 120 cm³/mol. The number of nitrogens with one attached hydrogen (secondary N) is 2. The van der Waals surface area contributed by atoms with Crippen molar-refractivity contribution in [3.63, 3.8) is 0 Å². The zero-order valence-corrected chi connectivity index (χ0v) is 18.1. The molecule has 0 saturated carbocycles. The normalized spacial score (nSPS) is 16.1. The Balaban J connectivity index is 1.62. The lowest BCUT2D eigenvalue weighted by Crippen LogP contribution is -2.49. The first-order valence-electron chi connectivity index (χ1n) is 10.6. The lowest BCUT2D eigenvalue weighted by atomic mass is 10.0. The quantitative estimate of drug-likeness (QED) is 0.721. The van der Waals surface area contributed by atoms with E-state index in [1.807, 2.05) is 24.3 Å². The highest BCUT2D eigenvalue weighted by atomic mass is 16.2. The molecular weight excluding hydrogens is 376 g/mol. The van der Waals surface area contributed by atoms with Crippen molar-refractivity contribution in [1.29, 1.82) is 0 Å². The molecule has 1 heterocycles. The van der Waals surface area contributed by atoms with Gasteiger partial charge in [-0.05, 0) is 43.7 Å². The van der Waals surface area contributed by atoms with E-state index in [1.54, 1.807) is 0 Å². The third kappa shape index (κ3) is 5.90. The van der Waals surface area contributed by atoms with Gasteiger partial charge in [-0.3, -0.25) is 14.5 Å². The molecule has 0 aliphatic carbocycles. The Bertz CT molecular complexity index is 841. The highest BCUT2D eigenvalue weighted by Gasteiger charge is 2.25. The summed E-state index contributed by atoms with van der Waals surface area (Å²) in [6.07, 6.45) is 0.932. The summed E-state index contributed by atoms with van der Waals surface area (Å²) in [5, 5.41) is 5.52. The first-order chi connectivity index (χ1) is 14.5. The molecule has 0 aromatic heterocycles. The Hall–Kier alpha value is -2.70. The third-order valence-electron chi connectivity index (χ3n) is 5.72. The molecular formula is C24H32N4O2. The van der Waals surface area contributed by atoms with Gasteiger partial charge in [0, 0.05) is 38.4 Å². The molecule has 1 fully saturated rings. The Kier molecular flexibility index (Phi) is 7.60. The van der Waals surface area contributed by atoms with Crippen molar-refractivity contribution in [2.24, 2.45) is 0 Å². The largest absolute Gasteiger partial charge is 0.346 e. The van der Waals surface area contributed by atoms with Crippen LogP contribution in [0.5, 0.6) is 0 Å². The molecule has 2 aromatic carbocycles. The van der Waals surface area contributed by atoms with Crippen LogP contribution < -0.4 is 10.6 Å². The lowest BCUT2D eigenvalue weighted by molar-refractivity contribution is -0.136. The summed E-state index contributed by atoms with van der Waals surface area (Å²) in [5.74, 6) is -1.25. The molecule has 6 heteroatoms. The van der Waals surface area contributed by atoms with Gasteiger partial charge in [0.15, 0.2) is 0 Å². The summed E-state index contributed by atoms with van der Waals surface area (Å²) in [6, 6.07) is 16.0. The molecule has 3 rings (SSSR count). The van der Waals surface area contributed by atoms with E-state index in [0.29, 0.717) is 12.2 Å². The van der Waals surface area contributed by atoms with Gasteiger partial charge in [0.1, 0.15) is 0 Å². The van der Waals surface area contributed by atoms with E-state index in [0.717, 1.165) is 38.2 Å². The number of piperazine rings is 1. The number of rotatable bonds is 6. The first-order valence-corrected chi connectivity index (χ1v) is 10.6. The smallest absolute Gasteiger partial charge is 0.313 e. The van der Waals surface area contributed by atoms with E-state index in [9.17, 15) is 9.59 Å². The van der Waals surface area contributed by atoms with Gasteiger partial charge in [0.2, 0.25) is 0 Å². The Labute approximate surface area is 179 Å². The first kappa shape index (κ1) is 22.0. The van der Waals surface area contributed by atoms with Crippen LogP contribution in [0.2, 0.25) is 0 Å². The fraction of sp³-hybridized carbons (Fsp3) is 0.417. The van der Waals surface area contributed by atoms with Crippen LogP contribution in [-0.2, 0) is 16.0 Å². The van der Waals surface area contributed by atoms with Crippen molar-refractivity contribution in [2.75, 3.05) is 45.1 Å². The van der Waals surface area contributed by atoms with Gasteiger partial charge in [0.25, 0.3) is 0 Å². The van der Waals surface area contributed by atoms with Crippen LogP contribution in [0.25, 0.3) is 0 Å². The summed E-state index contributed by atoms with van der Waals surface area (Å²) in [5.41, 5.74) is 4.17. The van der Waals surface area contributed by atoms with Crippen molar-refractivity contribution in [3.05, 3.63) is 65.2 Å². The topological polar surface area (TPSA) is 64.7 Å². The molecule has 1 saturated heterocycles. The SMILES string of the molecule is CCc1ccc(NC(=O)C(=O)NCC(c2ccc(C)cc2)N2CCN(C)CC2)cc1. The van der Waals surface area contributed by atoms with Crippen molar-refractivity contribution < 1.29 is 9.59 Å². The van der Waals surface area contributed by atoms with Crippen LogP contribution in [0.15, 0.2) is 48.5 Å². The van der Waals surface area contributed by atoms with Gasteiger partial charge in [-0.1, -0.05) is 48.9 Å². The second kappa shape index (κ2) is 10.4. The van der Waals surface area contributed by atoms with Gasteiger partial charge >= 0.3 is 11.8 Å². The summed E-state index contributed by atoms with van der Waals surface area (Å²) < 4.78 is 0. The van der Waals surface area contributed by atoms with Crippen molar-refractivity contribution >= 4 is 17.5 Å². The fourth-order valence-corrected chi connectivity index (χ4v) is 3.66. The number of aryl methyl sites for hydroxylation is 2. The molecule has 30 heavy (non-hydrogen) atoms. The third-order valence-corrected chi connectivity index (χ3v) is 5.72. The summed E-state index contributed by atoms with van der Waals surface area (Å²) >= 11 is 0. The van der Waals surface area contributed by atoms with Gasteiger partial charge in [0.05, 0.1) is 6.04 Å². The highest BCUT2D eigenvalue weighted by Crippen LogP contribution is 2.22. The van der Waals surface area contributed by atoms with Crippen LogP contribution in [0.1, 0.15) is 29.7 Å². The second-order valence-corrected chi connectivity index (χ2v) is 7.98. The monoisotopic (exact) mass is 408 g/mol. The van der Waals surface area contributed by atoms with Crippen LogP contribution in [0.4, 0.5) is 5.69 Å². The number of carbonyl (C=O) groups excluding carboxylic acids is 2. The minimum absolute atomic E-state index is 0.0416. The molecule has 160 valence electrons. The van der Waals surface area contributed by atoms with E-state index in [1.165, 1.54) is 11.1 Å². The van der Waals surface area contributed by atoms with Crippen molar-refractivity contribution in [1.82, 2.24) is 15.1 Å². The zero-order chi connectivity index (χ0) is 21.5. The number of hydrogen-bond donors (Lipinski definition) is 2. The van der Waals surface area contributed by atoms with E-state index < -0.39 is 11.8 Å². The van der Waals surface area contributed by atoms with Gasteiger partial charge in [-0.15, -0.1) is 0 Å². The lowest BCUT2D eigenvalue weighted by Gasteiger charge is -2.38. The number of amides is 2. The maximum Gasteiger partial charge on any atom is 0.313 e. The predicted octanol–water partition coefficient (Wildman–Crippen LogP) is 2.60. The number of hydrogen-bond acceptors (Lipinski definition) is 4. The summed E-state index contributed by atoms with van der Waals surface area (Å²) in [6.45, 7) is 8.38. The molecule has 2 N–H and O–H groups in total. The van der Waals surface area contributed by atoms with Crippen LogP contribution in [0, 0.1) is 6.92 Å². The minimum Gasteiger partial charge on any atom is -0.346 e. The molecule has 1 atom stereocenters.